The summed E-state index contributed by atoms with van der Waals surface area (Å²) in [6, 6.07) is 6.68. The second kappa shape index (κ2) is 8.23. The molecule has 2 aromatic rings. The van der Waals surface area contributed by atoms with Gasteiger partial charge >= 0.3 is 6.03 Å². The van der Waals surface area contributed by atoms with Crippen LogP contribution in [0.1, 0.15) is 35.9 Å². The van der Waals surface area contributed by atoms with Crippen molar-refractivity contribution >= 4 is 17.6 Å². The predicted octanol–water partition coefficient (Wildman–Crippen LogP) is 1.40. The van der Waals surface area contributed by atoms with E-state index in [4.69, 9.17) is 9.15 Å². The number of morpholine rings is 1. The Morgan fingerprint density at radius 3 is 2.67 bits per heavy atom. The van der Waals surface area contributed by atoms with Crippen LogP contribution in [0.25, 0.3) is 0 Å². The number of urea groups is 1. The SMILES string of the molecule is Cc1ccc(C2=NN(C(=O)N[C@H](C)c3nnc(C)o3)C[C@@H]2N2CCOCC2=O)cc1. The number of carbonyl (C=O) groups excluding carboxylic acids is 2. The number of hydrogen-bond acceptors (Lipinski definition) is 7. The lowest BCUT2D eigenvalue weighted by Crippen LogP contribution is -2.52. The molecule has 158 valence electrons. The van der Waals surface area contributed by atoms with Crippen LogP contribution in [0.15, 0.2) is 33.8 Å². The molecule has 2 atom stereocenters. The average Bonchev–Trinajstić information content (AvgIpc) is 3.36. The number of aromatic nitrogens is 2. The molecule has 2 aliphatic rings. The van der Waals surface area contributed by atoms with Gasteiger partial charge in [0, 0.05) is 13.5 Å². The molecule has 0 spiro atoms. The van der Waals surface area contributed by atoms with Crippen LogP contribution < -0.4 is 5.32 Å². The minimum Gasteiger partial charge on any atom is -0.423 e. The van der Waals surface area contributed by atoms with Gasteiger partial charge in [-0.3, -0.25) is 4.79 Å². The first-order valence-electron chi connectivity index (χ1n) is 9.83. The third kappa shape index (κ3) is 4.04. The topological polar surface area (TPSA) is 113 Å². The lowest BCUT2D eigenvalue weighted by molar-refractivity contribution is -0.143. The predicted molar refractivity (Wildman–Crippen MR) is 107 cm³/mol. The second-order valence-electron chi connectivity index (χ2n) is 7.42. The fraction of sp³-hybridized carbons (Fsp3) is 0.450. The molecule has 3 heterocycles. The van der Waals surface area contributed by atoms with Crippen molar-refractivity contribution in [3.63, 3.8) is 0 Å². The van der Waals surface area contributed by atoms with Gasteiger partial charge in [-0.2, -0.15) is 5.10 Å². The van der Waals surface area contributed by atoms with E-state index in [9.17, 15) is 9.59 Å². The van der Waals surface area contributed by atoms with E-state index in [2.05, 4.69) is 20.6 Å². The van der Waals surface area contributed by atoms with Crippen LogP contribution in [-0.4, -0.2) is 70.1 Å². The summed E-state index contributed by atoms with van der Waals surface area (Å²) < 4.78 is 10.6. The lowest BCUT2D eigenvalue weighted by atomic mass is 10.0. The molecule has 10 nitrogen and oxygen atoms in total. The molecule has 2 aliphatic heterocycles. The zero-order chi connectivity index (χ0) is 21.3. The molecular formula is C20H24N6O4. The maximum Gasteiger partial charge on any atom is 0.338 e. The number of nitrogens with one attached hydrogen (secondary N) is 1. The molecule has 3 amide bonds. The number of carbonyl (C=O) groups is 2. The first-order chi connectivity index (χ1) is 14.4. The number of hydrogen-bond donors (Lipinski definition) is 1. The lowest BCUT2D eigenvalue weighted by Gasteiger charge is -2.32. The average molecular weight is 412 g/mol. The van der Waals surface area contributed by atoms with Crippen LogP contribution in [0, 0.1) is 13.8 Å². The Morgan fingerprint density at radius 1 is 1.23 bits per heavy atom. The molecule has 0 bridgehead atoms. The molecule has 1 saturated heterocycles. The van der Waals surface area contributed by atoms with Gasteiger partial charge in [0.25, 0.3) is 0 Å². The Labute approximate surface area is 173 Å². The maximum absolute atomic E-state index is 12.9. The highest BCUT2D eigenvalue weighted by Crippen LogP contribution is 2.22. The number of nitrogens with zero attached hydrogens (tertiary/aromatic N) is 5. The summed E-state index contributed by atoms with van der Waals surface area (Å²) in [7, 11) is 0. The van der Waals surface area contributed by atoms with Gasteiger partial charge in [-0.15, -0.1) is 10.2 Å². The number of amides is 3. The highest BCUT2D eigenvalue weighted by atomic mass is 16.5. The molecule has 30 heavy (non-hydrogen) atoms. The molecular weight excluding hydrogens is 388 g/mol. The van der Waals surface area contributed by atoms with Gasteiger partial charge in [-0.25, -0.2) is 9.80 Å². The Hall–Kier alpha value is -3.27. The Kier molecular flexibility index (Phi) is 5.49. The Bertz CT molecular complexity index is 970. The van der Waals surface area contributed by atoms with E-state index >= 15 is 0 Å². The van der Waals surface area contributed by atoms with Crippen molar-refractivity contribution < 1.29 is 18.7 Å². The fourth-order valence-electron chi connectivity index (χ4n) is 3.50. The molecule has 1 fully saturated rings. The highest BCUT2D eigenvalue weighted by Gasteiger charge is 2.38. The van der Waals surface area contributed by atoms with Gasteiger partial charge < -0.3 is 19.4 Å². The van der Waals surface area contributed by atoms with E-state index in [0.29, 0.717) is 30.6 Å². The molecule has 1 N–H and O–H groups in total. The molecule has 1 aromatic heterocycles. The van der Waals surface area contributed by atoms with Gasteiger partial charge in [0.15, 0.2) is 0 Å². The third-order valence-electron chi connectivity index (χ3n) is 5.12. The monoisotopic (exact) mass is 412 g/mol. The Morgan fingerprint density at radius 2 is 2.00 bits per heavy atom. The zero-order valence-electron chi connectivity index (χ0n) is 17.2. The van der Waals surface area contributed by atoms with Gasteiger partial charge in [-0.1, -0.05) is 29.8 Å². The number of hydrazone groups is 1. The first kappa shape index (κ1) is 20.0. The van der Waals surface area contributed by atoms with E-state index in [0.717, 1.165) is 11.1 Å². The van der Waals surface area contributed by atoms with Gasteiger partial charge in [0.2, 0.25) is 17.7 Å². The molecule has 1 aromatic carbocycles. The van der Waals surface area contributed by atoms with E-state index in [1.807, 2.05) is 31.2 Å². The number of rotatable bonds is 4. The molecule has 0 unspecified atom stereocenters. The highest BCUT2D eigenvalue weighted by molar-refractivity contribution is 6.08. The summed E-state index contributed by atoms with van der Waals surface area (Å²) in [4.78, 5) is 27.1. The molecule has 4 rings (SSSR count). The van der Waals surface area contributed by atoms with E-state index in [-0.39, 0.29) is 25.1 Å². The van der Waals surface area contributed by atoms with Crippen molar-refractivity contribution in [2.75, 3.05) is 26.3 Å². The summed E-state index contributed by atoms with van der Waals surface area (Å²) in [6.07, 6.45) is 0. The minimum absolute atomic E-state index is 0.0391. The minimum atomic E-state index is -0.471. The van der Waals surface area contributed by atoms with Crippen molar-refractivity contribution in [1.29, 1.82) is 0 Å². The van der Waals surface area contributed by atoms with Gasteiger partial charge in [-0.05, 0) is 19.4 Å². The van der Waals surface area contributed by atoms with Crippen LogP contribution in [-0.2, 0) is 9.53 Å². The molecule has 0 saturated carbocycles. The first-order valence-corrected chi connectivity index (χ1v) is 9.83. The number of aryl methyl sites for hydroxylation is 2. The van der Waals surface area contributed by atoms with Crippen molar-refractivity contribution in [2.24, 2.45) is 5.10 Å². The van der Waals surface area contributed by atoms with Crippen molar-refractivity contribution in [3.05, 3.63) is 47.2 Å². The van der Waals surface area contributed by atoms with Gasteiger partial charge in [0.05, 0.1) is 24.9 Å². The van der Waals surface area contributed by atoms with E-state index in [1.165, 1.54) is 5.01 Å². The largest absolute Gasteiger partial charge is 0.423 e. The normalized spacial score (nSPS) is 20.3. The van der Waals surface area contributed by atoms with Crippen LogP contribution in [0.2, 0.25) is 0 Å². The second-order valence-corrected chi connectivity index (χ2v) is 7.42. The van der Waals surface area contributed by atoms with Crippen LogP contribution in [0.4, 0.5) is 4.79 Å². The van der Waals surface area contributed by atoms with E-state index < -0.39 is 12.1 Å². The van der Waals surface area contributed by atoms with Crippen molar-refractivity contribution in [1.82, 2.24) is 25.4 Å². The van der Waals surface area contributed by atoms with Gasteiger partial charge in [0.1, 0.15) is 12.6 Å². The summed E-state index contributed by atoms with van der Waals surface area (Å²) in [6.45, 7) is 6.67. The van der Waals surface area contributed by atoms with Crippen molar-refractivity contribution in [2.45, 2.75) is 32.9 Å². The summed E-state index contributed by atoms with van der Waals surface area (Å²) in [5.74, 6) is 0.642. The number of benzene rings is 1. The summed E-state index contributed by atoms with van der Waals surface area (Å²) >= 11 is 0. The smallest absolute Gasteiger partial charge is 0.338 e. The Balaban J connectivity index is 1.56. The quantitative estimate of drug-likeness (QED) is 0.812. The molecule has 0 radical (unpaired) electrons. The summed E-state index contributed by atoms with van der Waals surface area (Å²) in [5, 5.41) is 16.5. The summed E-state index contributed by atoms with van der Waals surface area (Å²) in [5.41, 5.74) is 2.68. The standard InChI is InChI=1S/C20H24N6O4/c1-12-4-6-15(7-5-12)18-16(25-8-9-29-11-17(25)27)10-26(24-18)20(28)21-13(2)19-23-22-14(3)30-19/h4-7,13,16H,8-11H2,1-3H3,(H,21,28)/t13-,16+/m1/s1. The fourth-order valence-corrected chi connectivity index (χ4v) is 3.50. The molecule has 0 aliphatic carbocycles. The maximum atomic E-state index is 12.9. The number of ether oxygens (including phenoxy) is 1. The van der Waals surface area contributed by atoms with E-state index in [1.54, 1.807) is 18.7 Å². The molecule has 10 heteroatoms. The van der Waals surface area contributed by atoms with Crippen molar-refractivity contribution in [3.8, 4) is 0 Å². The van der Waals surface area contributed by atoms with Crippen LogP contribution >= 0.6 is 0 Å². The third-order valence-corrected chi connectivity index (χ3v) is 5.12. The van der Waals surface area contributed by atoms with Crippen LogP contribution in [0.5, 0.6) is 0 Å². The van der Waals surface area contributed by atoms with Crippen LogP contribution in [0.3, 0.4) is 0 Å². The zero-order valence-corrected chi connectivity index (χ0v) is 17.2.